The van der Waals surface area contributed by atoms with Gasteiger partial charge in [-0.25, -0.2) is 4.39 Å². The molecule has 0 saturated heterocycles. The zero-order valence-electron chi connectivity index (χ0n) is 11.1. The van der Waals surface area contributed by atoms with E-state index in [4.69, 9.17) is 0 Å². The van der Waals surface area contributed by atoms with Crippen LogP contribution in [0.1, 0.15) is 38.7 Å². The smallest absolute Gasteiger partial charge is 0.124 e. The summed E-state index contributed by atoms with van der Waals surface area (Å²) < 4.78 is 14.0. The first-order valence-electron chi connectivity index (χ1n) is 6.70. The van der Waals surface area contributed by atoms with E-state index < -0.39 is 0 Å². The minimum atomic E-state index is -0.181. The third-order valence-electron chi connectivity index (χ3n) is 3.88. The van der Waals surface area contributed by atoms with Gasteiger partial charge < -0.3 is 5.32 Å². The molecule has 1 fully saturated rings. The minimum absolute atomic E-state index is 0.181. The summed E-state index contributed by atoms with van der Waals surface area (Å²) in [7, 11) is 0. The Kier molecular flexibility index (Phi) is 4.44. The molecule has 0 radical (unpaired) electrons. The molecule has 1 aromatic rings. The predicted octanol–water partition coefficient (Wildman–Crippen LogP) is 4.30. The third kappa shape index (κ3) is 3.79. The molecule has 0 bridgehead atoms. The Morgan fingerprint density at radius 3 is 2.72 bits per heavy atom. The third-order valence-corrected chi connectivity index (χ3v) is 4.62. The summed E-state index contributed by atoms with van der Waals surface area (Å²) in [6.45, 7) is 5.57. The van der Waals surface area contributed by atoms with Crippen molar-refractivity contribution in [3.63, 3.8) is 0 Å². The van der Waals surface area contributed by atoms with Crippen molar-refractivity contribution in [2.45, 2.75) is 45.6 Å². The molecule has 100 valence electrons. The van der Waals surface area contributed by atoms with Crippen molar-refractivity contribution in [1.82, 2.24) is 5.32 Å². The van der Waals surface area contributed by atoms with E-state index in [-0.39, 0.29) is 11.2 Å². The van der Waals surface area contributed by atoms with Crippen LogP contribution in [0.4, 0.5) is 4.39 Å². The van der Waals surface area contributed by atoms with Crippen molar-refractivity contribution in [1.29, 1.82) is 0 Å². The number of halogens is 2. The fourth-order valence-corrected chi connectivity index (χ4v) is 2.61. The highest BCUT2D eigenvalue weighted by atomic mass is 79.9. The first kappa shape index (κ1) is 14.0. The predicted molar refractivity (Wildman–Crippen MR) is 77.2 cm³/mol. The van der Waals surface area contributed by atoms with E-state index in [2.05, 4.69) is 35.1 Å². The topological polar surface area (TPSA) is 12.0 Å². The van der Waals surface area contributed by atoms with E-state index in [1.165, 1.54) is 18.4 Å². The lowest BCUT2D eigenvalue weighted by Gasteiger charge is -2.29. The van der Waals surface area contributed by atoms with Gasteiger partial charge in [0.1, 0.15) is 5.82 Å². The van der Waals surface area contributed by atoms with E-state index in [0.29, 0.717) is 0 Å². The summed E-state index contributed by atoms with van der Waals surface area (Å²) in [5.74, 6) is -0.181. The van der Waals surface area contributed by atoms with Crippen molar-refractivity contribution in [2.24, 2.45) is 5.41 Å². The van der Waals surface area contributed by atoms with Crippen molar-refractivity contribution in [3.8, 4) is 0 Å². The molecule has 1 aliphatic carbocycles. The molecule has 1 saturated carbocycles. The molecular formula is C15H21BrFN. The Labute approximate surface area is 117 Å². The molecular weight excluding hydrogens is 293 g/mol. The van der Waals surface area contributed by atoms with Crippen molar-refractivity contribution < 1.29 is 4.39 Å². The molecule has 1 atom stereocenters. The van der Waals surface area contributed by atoms with Crippen molar-refractivity contribution in [3.05, 3.63) is 34.1 Å². The van der Waals surface area contributed by atoms with Crippen LogP contribution in [0.3, 0.4) is 0 Å². The van der Waals surface area contributed by atoms with Gasteiger partial charge in [0.05, 0.1) is 0 Å². The highest BCUT2D eigenvalue weighted by Crippen LogP contribution is 2.31. The largest absolute Gasteiger partial charge is 0.313 e. The first-order chi connectivity index (χ1) is 8.52. The van der Waals surface area contributed by atoms with Crippen LogP contribution in [0.5, 0.6) is 0 Å². The molecule has 1 N–H and O–H groups in total. The van der Waals surface area contributed by atoms with E-state index >= 15 is 0 Å². The van der Waals surface area contributed by atoms with Gasteiger partial charge in [0.25, 0.3) is 0 Å². The van der Waals surface area contributed by atoms with Crippen LogP contribution in [0.25, 0.3) is 0 Å². The van der Waals surface area contributed by atoms with Crippen LogP contribution in [0, 0.1) is 11.2 Å². The lowest BCUT2D eigenvalue weighted by molar-refractivity contribution is 0.288. The number of nitrogens with one attached hydrogen (secondary N) is 1. The molecule has 1 aliphatic rings. The van der Waals surface area contributed by atoms with E-state index in [1.807, 2.05) is 6.07 Å². The molecule has 2 rings (SSSR count). The van der Waals surface area contributed by atoms with E-state index in [0.717, 1.165) is 29.9 Å². The summed E-state index contributed by atoms with van der Waals surface area (Å²) in [6, 6.07) is 5.74. The Morgan fingerprint density at radius 2 is 2.17 bits per heavy atom. The molecule has 1 nitrogen and oxygen atoms in total. The highest BCUT2D eigenvalue weighted by molar-refractivity contribution is 9.10. The van der Waals surface area contributed by atoms with Gasteiger partial charge in [0.2, 0.25) is 0 Å². The second kappa shape index (κ2) is 5.70. The number of rotatable bonds is 6. The minimum Gasteiger partial charge on any atom is -0.313 e. The second-order valence-corrected chi connectivity index (χ2v) is 6.59. The van der Waals surface area contributed by atoms with Gasteiger partial charge in [-0.2, -0.15) is 0 Å². The standard InChI is InChI=1S/C15H21BrFN/c1-3-15(2,10-18-13-6-7-13)9-11-4-5-12(17)8-14(11)16/h4-5,8,13,18H,3,6-7,9-10H2,1-2H3. The lowest BCUT2D eigenvalue weighted by Crippen LogP contribution is -2.34. The normalized spacial score (nSPS) is 18.7. The van der Waals surface area contributed by atoms with Crippen LogP contribution in [-0.2, 0) is 6.42 Å². The molecule has 0 spiro atoms. The van der Waals surface area contributed by atoms with Crippen LogP contribution in [0.15, 0.2) is 22.7 Å². The second-order valence-electron chi connectivity index (χ2n) is 5.73. The van der Waals surface area contributed by atoms with E-state index in [9.17, 15) is 4.39 Å². The molecule has 0 amide bonds. The summed E-state index contributed by atoms with van der Waals surface area (Å²) >= 11 is 3.46. The number of benzene rings is 1. The van der Waals surface area contributed by atoms with Gasteiger partial charge in [-0.15, -0.1) is 0 Å². The fourth-order valence-electron chi connectivity index (χ4n) is 2.12. The maximum absolute atomic E-state index is 13.1. The molecule has 0 aromatic heterocycles. The summed E-state index contributed by atoms with van der Waals surface area (Å²) in [5.41, 5.74) is 1.43. The molecule has 18 heavy (non-hydrogen) atoms. The van der Waals surface area contributed by atoms with Crippen molar-refractivity contribution >= 4 is 15.9 Å². The monoisotopic (exact) mass is 313 g/mol. The molecule has 0 heterocycles. The van der Waals surface area contributed by atoms with Gasteiger partial charge in [0.15, 0.2) is 0 Å². The maximum atomic E-state index is 13.1. The molecule has 3 heteroatoms. The Hall–Kier alpha value is -0.410. The van der Waals surface area contributed by atoms with Crippen LogP contribution in [-0.4, -0.2) is 12.6 Å². The fraction of sp³-hybridized carbons (Fsp3) is 0.600. The highest BCUT2D eigenvalue weighted by Gasteiger charge is 2.28. The molecule has 1 aromatic carbocycles. The number of hydrogen-bond acceptors (Lipinski definition) is 1. The summed E-state index contributed by atoms with van der Waals surface area (Å²) in [5, 5.41) is 3.61. The van der Waals surface area contributed by atoms with Crippen molar-refractivity contribution in [2.75, 3.05) is 6.54 Å². The summed E-state index contributed by atoms with van der Waals surface area (Å²) in [4.78, 5) is 0. The van der Waals surface area contributed by atoms with Gasteiger partial charge in [0, 0.05) is 17.1 Å². The Bertz CT molecular complexity index is 417. The average Bonchev–Trinajstić information content (AvgIpc) is 3.14. The number of hydrogen-bond donors (Lipinski definition) is 1. The summed E-state index contributed by atoms with van der Waals surface area (Å²) in [6.07, 6.45) is 4.74. The van der Waals surface area contributed by atoms with Gasteiger partial charge >= 0.3 is 0 Å². The zero-order chi connectivity index (χ0) is 13.2. The van der Waals surface area contributed by atoms with Gasteiger partial charge in [-0.3, -0.25) is 0 Å². The van der Waals surface area contributed by atoms with Crippen LogP contribution < -0.4 is 5.32 Å². The lowest BCUT2D eigenvalue weighted by atomic mass is 9.81. The molecule has 1 unspecified atom stereocenters. The van der Waals surface area contributed by atoms with Crippen LogP contribution in [0.2, 0.25) is 0 Å². The SMILES string of the molecule is CCC(C)(CNC1CC1)Cc1ccc(F)cc1Br. The van der Waals surface area contributed by atoms with E-state index in [1.54, 1.807) is 12.1 Å². The van der Waals surface area contributed by atoms with Gasteiger partial charge in [-0.05, 0) is 48.8 Å². The zero-order valence-corrected chi connectivity index (χ0v) is 12.7. The van der Waals surface area contributed by atoms with Gasteiger partial charge in [-0.1, -0.05) is 35.8 Å². The Balaban J connectivity index is 2.02. The Morgan fingerprint density at radius 1 is 1.44 bits per heavy atom. The quantitative estimate of drug-likeness (QED) is 0.825. The van der Waals surface area contributed by atoms with Crippen LogP contribution >= 0.6 is 15.9 Å². The maximum Gasteiger partial charge on any atom is 0.124 e. The molecule has 0 aliphatic heterocycles. The first-order valence-corrected chi connectivity index (χ1v) is 7.49. The average molecular weight is 314 g/mol.